The number of anilines is 1. The molecule has 0 fully saturated rings. The minimum Gasteiger partial charge on any atom is -0.385 e. The van der Waals surface area contributed by atoms with Crippen molar-refractivity contribution < 1.29 is 4.74 Å². The second kappa shape index (κ2) is 6.76. The number of rotatable bonds is 5. The molecule has 1 aliphatic heterocycles. The molecule has 0 aliphatic carbocycles. The maximum Gasteiger partial charge on any atom is 0.0479 e. The van der Waals surface area contributed by atoms with Gasteiger partial charge in [-0.05, 0) is 37.9 Å². The van der Waals surface area contributed by atoms with Gasteiger partial charge in [0.2, 0.25) is 0 Å². The summed E-state index contributed by atoms with van der Waals surface area (Å²) in [6.45, 7) is 3.08. The average Bonchev–Trinajstić information content (AvgIpc) is 2.59. The highest BCUT2D eigenvalue weighted by Crippen LogP contribution is 2.32. The lowest BCUT2D eigenvalue weighted by Crippen LogP contribution is -2.26. The second-order valence-electron chi connectivity index (χ2n) is 4.88. The van der Waals surface area contributed by atoms with Crippen LogP contribution in [0.1, 0.15) is 30.9 Å². The molecule has 0 spiro atoms. The van der Waals surface area contributed by atoms with Crippen LogP contribution in [0.5, 0.6) is 0 Å². The molecule has 18 heavy (non-hydrogen) atoms. The average molecular weight is 248 g/mol. The van der Waals surface area contributed by atoms with Gasteiger partial charge < -0.3 is 15.0 Å². The number of para-hydroxylation sites is 1. The van der Waals surface area contributed by atoms with Gasteiger partial charge in [-0.15, -0.1) is 0 Å². The Kier molecular flexibility index (Phi) is 5.02. The molecule has 1 unspecified atom stereocenters. The summed E-state index contributed by atoms with van der Waals surface area (Å²) in [5, 5.41) is 3.44. The molecule has 1 N–H and O–H groups in total. The third kappa shape index (κ3) is 3.03. The van der Waals surface area contributed by atoms with Gasteiger partial charge in [0.15, 0.2) is 0 Å². The maximum absolute atomic E-state index is 5.16. The highest BCUT2D eigenvalue weighted by atomic mass is 16.5. The number of benzene rings is 1. The Bertz CT molecular complexity index is 367. The number of ether oxygens (including phenoxy) is 1. The molecule has 0 amide bonds. The molecular weight excluding hydrogens is 224 g/mol. The second-order valence-corrected chi connectivity index (χ2v) is 4.88. The SMILES string of the molecule is CNC1CCCN(CCCOC)c2ccccc21. The Balaban J connectivity index is 2.16. The molecule has 3 heteroatoms. The van der Waals surface area contributed by atoms with Crippen LogP contribution in [0.3, 0.4) is 0 Å². The van der Waals surface area contributed by atoms with Crippen LogP contribution in [0.4, 0.5) is 5.69 Å². The van der Waals surface area contributed by atoms with E-state index in [2.05, 4.69) is 41.5 Å². The van der Waals surface area contributed by atoms with Crippen molar-refractivity contribution in [3.8, 4) is 0 Å². The Morgan fingerprint density at radius 1 is 1.39 bits per heavy atom. The Morgan fingerprint density at radius 2 is 2.22 bits per heavy atom. The van der Waals surface area contributed by atoms with E-state index in [9.17, 15) is 0 Å². The number of hydrogen-bond donors (Lipinski definition) is 1. The van der Waals surface area contributed by atoms with Crippen molar-refractivity contribution in [3.63, 3.8) is 0 Å². The van der Waals surface area contributed by atoms with E-state index in [1.165, 1.54) is 24.1 Å². The predicted octanol–water partition coefficient (Wildman–Crippen LogP) is 2.58. The van der Waals surface area contributed by atoms with Gasteiger partial charge in [-0.3, -0.25) is 0 Å². The zero-order chi connectivity index (χ0) is 12.8. The van der Waals surface area contributed by atoms with Gasteiger partial charge in [0.25, 0.3) is 0 Å². The molecule has 1 aliphatic rings. The summed E-state index contributed by atoms with van der Waals surface area (Å²) in [4.78, 5) is 2.51. The first kappa shape index (κ1) is 13.4. The number of methoxy groups -OCH3 is 1. The van der Waals surface area contributed by atoms with Gasteiger partial charge in [0.05, 0.1) is 0 Å². The van der Waals surface area contributed by atoms with Crippen molar-refractivity contribution in [2.24, 2.45) is 0 Å². The normalized spacial score (nSPS) is 19.4. The lowest BCUT2D eigenvalue weighted by molar-refractivity contribution is 0.196. The van der Waals surface area contributed by atoms with E-state index >= 15 is 0 Å². The standard InChI is InChI=1S/C15H24N2O/c1-16-14-8-5-10-17(11-6-12-18-2)15-9-4-3-7-13(14)15/h3-4,7,9,14,16H,5-6,8,10-12H2,1-2H3. The molecule has 0 saturated carbocycles. The van der Waals surface area contributed by atoms with Gasteiger partial charge in [0, 0.05) is 38.5 Å². The first-order valence-corrected chi connectivity index (χ1v) is 6.87. The summed E-state index contributed by atoms with van der Waals surface area (Å²) in [5.74, 6) is 0. The van der Waals surface area contributed by atoms with Crippen LogP contribution < -0.4 is 10.2 Å². The van der Waals surface area contributed by atoms with E-state index in [0.29, 0.717) is 6.04 Å². The molecule has 1 atom stereocenters. The Labute approximate surface area is 110 Å². The third-order valence-corrected chi connectivity index (χ3v) is 3.70. The molecule has 1 aromatic carbocycles. The topological polar surface area (TPSA) is 24.5 Å². The highest BCUT2D eigenvalue weighted by molar-refractivity contribution is 5.55. The van der Waals surface area contributed by atoms with Crippen LogP contribution >= 0.6 is 0 Å². The summed E-state index contributed by atoms with van der Waals surface area (Å²) >= 11 is 0. The van der Waals surface area contributed by atoms with Crippen molar-refractivity contribution in [3.05, 3.63) is 29.8 Å². The summed E-state index contributed by atoms with van der Waals surface area (Å²) < 4.78 is 5.16. The van der Waals surface area contributed by atoms with Crippen LogP contribution in [0.15, 0.2) is 24.3 Å². The summed E-state index contributed by atoms with van der Waals surface area (Å²) in [6.07, 6.45) is 3.55. The molecule has 2 rings (SSSR count). The first-order valence-electron chi connectivity index (χ1n) is 6.87. The van der Waals surface area contributed by atoms with E-state index < -0.39 is 0 Å². The van der Waals surface area contributed by atoms with Gasteiger partial charge in [-0.25, -0.2) is 0 Å². The van der Waals surface area contributed by atoms with Crippen molar-refractivity contribution in [2.45, 2.75) is 25.3 Å². The van der Waals surface area contributed by atoms with Crippen LogP contribution in [0.25, 0.3) is 0 Å². The monoisotopic (exact) mass is 248 g/mol. The van der Waals surface area contributed by atoms with Gasteiger partial charge in [0.1, 0.15) is 0 Å². The van der Waals surface area contributed by atoms with E-state index in [-0.39, 0.29) is 0 Å². The van der Waals surface area contributed by atoms with Gasteiger partial charge >= 0.3 is 0 Å². The molecular formula is C15H24N2O. The minimum atomic E-state index is 0.494. The van der Waals surface area contributed by atoms with Crippen molar-refractivity contribution >= 4 is 5.69 Å². The Hall–Kier alpha value is -1.06. The lowest BCUT2D eigenvalue weighted by atomic mass is 10.0. The summed E-state index contributed by atoms with van der Waals surface area (Å²) in [6, 6.07) is 9.28. The number of hydrogen-bond acceptors (Lipinski definition) is 3. The van der Waals surface area contributed by atoms with Crippen LogP contribution in [-0.4, -0.2) is 33.9 Å². The van der Waals surface area contributed by atoms with Crippen molar-refractivity contribution in [2.75, 3.05) is 38.8 Å². The van der Waals surface area contributed by atoms with E-state index in [1.54, 1.807) is 7.11 Å². The molecule has 3 nitrogen and oxygen atoms in total. The number of nitrogens with zero attached hydrogens (tertiary/aromatic N) is 1. The molecule has 1 heterocycles. The lowest BCUT2D eigenvalue weighted by Gasteiger charge is -2.25. The summed E-state index contributed by atoms with van der Waals surface area (Å²) in [7, 11) is 3.83. The van der Waals surface area contributed by atoms with Crippen LogP contribution in [0, 0.1) is 0 Å². The van der Waals surface area contributed by atoms with Crippen molar-refractivity contribution in [1.29, 1.82) is 0 Å². The quantitative estimate of drug-likeness (QED) is 0.811. The smallest absolute Gasteiger partial charge is 0.0479 e. The minimum absolute atomic E-state index is 0.494. The zero-order valence-corrected chi connectivity index (χ0v) is 11.5. The van der Waals surface area contributed by atoms with E-state index in [4.69, 9.17) is 4.74 Å². The van der Waals surface area contributed by atoms with Gasteiger partial charge in [-0.2, -0.15) is 0 Å². The van der Waals surface area contributed by atoms with Crippen LogP contribution in [0.2, 0.25) is 0 Å². The predicted molar refractivity (Wildman–Crippen MR) is 76.2 cm³/mol. The van der Waals surface area contributed by atoms with Crippen molar-refractivity contribution in [1.82, 2.24) is 5.32 Å². The summed E-state index contributed by atoms with van der Waals surface area (Å²) in [5.41, 5.74) is 2.83. The molecule has 1 aromatic rings. The fourth-order valence-electron chi connectivity index (χ4n) is 2.76. The van der Waals surface area contributed by atoms with E-state index in [0.717, 1.165) is 26.1 Å². The fourth-order valence-corrected chi connectivity index (χ4v) is 2.76. The Morgan fingerprint density at radius 3 is 3.00 bits per heavy atom. The molecule has 0 bridgehead atoms. The number of nitrogens with one attached hydrogen (secondary N) is 1. The van der Waals surface area contributed by atoms with Gasteiger partial charge in [-0.1, -0.05) is 18.2 Å². The zero-order valence-electron chi connectivity index (χ0n) is 11.5. The molecule has 0 aromatic heterocycles. The highest BCUT2D eigenvalue weighted by Gasteiger charge is 2.20. The van der Waals surface area contributed by atoms with E-state index in [1.807, 2.05) is 0 Å². The first-order chi connectivity index (χ1) is 8.86. The fraction of sp³-hybridized carbons (Fsp3) is 0.600. The molecule has 100 valence electrons. The molecule has 0 radical (unpaired) electrons. The largest absolute Gasteiger partial charge is 0.385 e. The third-order valence-electron chi connectivity index (χ3n) is 3.70. The maximum atomic E-state index is 5.16. The molecule has 0 saturated heterocycles. The van der Waals surface area contributed by atoms with Crippen LogP contribution in [-0.2, 0) is 4.74 Å². The number of fused-ring (bicyclic) bond motifs is 1.